The first-order valence-corrected chi connectivity index (χ1v) is 6.53. The second-order valence-electron chi connectivity index (χ2n) is 4.42. The zero-order valence-corrected chi connectivity index (χ0v) is 10.8. The molecule has 1 heterocycles. The van der Waals surface area contributed by atoms with Crippen molar-refractivity contribution >= 4 is 11.3 Å². The zero-order chi connectivity index (χ0) is 11.5. The van der Waals surface area contributed by atoms with Crippen LogP contribution in [0.2, 0.25) is 0 Å². The standard InChI is InChI=1S/C14H17NS/c1-10(2)13-9-16-14(15-13)8-12-7-5-4-6-11(12)3/h4-7,9-10H,8H2,1-3H3. The van der Waals surface area contributed by atoms with Gasteiger partial charge in [-0.25, -0.2) is 4.98 Å². The Balaban J connectivity index is 2.18. The van der Waals surface area contributed by atoms with Gasteiger partial charge in [-0.3, -0.25) is 0 Å². The molecule has 0 fully saturated rings. The molecule has 16 heavy (non-hydrogen) atoms. The van der Waals surface area contributed by atoms with Gasteiger partial charge in [-0.15, -0.1) is 11.3 Å². The third-order valence-corrected chi connectivity index (χ3v) is 3.63. The summed E-state index contributed by atoms with van der Waals surface area (Å²) in [5, 5.41) is 3.40. The molecule has 1 nitrogen and oxygen atoms in total. The molecule has 0 unspecified atom stereocenters. The molecule has 0 amide bonds. The van der Waals surface area contributed by atoms with E-state index in [1.807, 2.05) is 0 Å². The van der Waals surface area contributed by atoms with Crippen molar-refractivity contribution in [3.63, 3.8) is 0 Å². The molecule has 2 aromatic rings. The van der Waals surface area contributed by atoms with E-state index in [0.29, 0.717) is 5.92 Å². The van der Waals surface area contributed by atoms with Crippen LogP contribution < -0.4 is 0 Å². The number of thiazole rings is 1. The molecule has 0 N–H and O–H groups in total. The van der Waals surface area contributed by atoms with Gasteiger partial charge in [0, 0.05) is 11.8 Å². The van der Waals surface area contributed by atoms with Crippen molar-refractivity contribution in [1.82, 2.24) is 4.98 Å². The first-order chi connectivity index (χ1) is 7.66. The van der Waals surface area contributed by atoms with Gasteiger partial charge < -0.3 is 0 Å². The van der Waals surface area contributed by atoms with E-state index in [1.165, 1.54) is 21.8 Å². The molecule has 2 heteroatoms. The van der Waals surface area contributed by atoms with Crippen LogP contribution in [0.4, 0.5) is 0 Å². The highest BCUT2D eigenvalue weighted by atomic mass is 32.1. The van der Waals surface area contributed by atoms with E-state index in [9.17, 15) is 0 Å². The Bertz CT molecular complexity index is 471. The minimum atomic E-state index is 0.530. The predicted octanol–water partition coefficient (Wildman–Crippen LogP) is 4.17. The molecule has 0 aliphatic carbocycles. The van der Waals surface area contributed by atoms with Crippen molar-refractivity contribution in [3.8, 4) is 0 Å². The molecule has 0 bridgehead atoms. The summed E-state index contributed by atoms with van der Waals surface area (Å²) in [6.07, 6.45) is 0.962. The molecule has 0 atom stereocenters. The van der Waals surface area contributed by atoms with E-state index >= 15 is 0 Å². The number of aromatic nitrogens is 1. The lowest BCUT2D eigenvalue weighted by atomic mass is 10.1. The van der Waals surface area contributed by atoms with Gasteiger partial charge in [0.25, 0.3) is 0 Å². The van der Waals surface area contributed by atoms with E-state index in [2.05, 4.69) is 55.4 Å². The Morgan fingerprint density at radius 3 is 2.62 bits per heavy atom. The van der Waals surface area contributed by atoms with Crippen molar-refractivity contribution in [3.05, 3.63) is 51.5 Å². The second-order valence-corrected chi connectivity index (χ2v) is 5.37. The van der Waals surface area contributed by atoms with Gasteiger partial charge in [-0.1, -0.05) is 38.1 Å². The Morgan fingerprint density at radius 2 is 2.00 bits per heavy atom. The van der Waals surface area contributed by atoms with Gasteiger partial charge in [0.05, 0.1) is 10.7 Å². The maximum Gasteiger partial charge on any atom is 0.0972 e. The monoisotopic (exact) mass is 231 g/mol. The van der Waals surface area contributed by atoms with Crippen molar-refractivity contribution < 1.29 is 0 Å². The normalized spacial score (nSPS) is 11.0. The van der Waals surface area contributed by atoms with Gasteiger partial charge in [0.15, 0.2) is 0 Å². The van der Waals surface area contributed by atoms with Crippen LogP contribution in [0.1, 0.15) is 41.6 Å². The molecule has 0 radical (unpaired) electrons. The van der Waals surface area contributed by atoms with E-state index in [4.69, 9.17) is 0 Å². The minimum Gasteiger partial charge on any atom is -0.246 e. The summed E-state index contributed by atoms with van der Waals surface area (Å²) in [6, 6.07) is 8.53. The van der Waals surface area contributed by atoms with Gasteiger partial charge in [0.1, 0.15) is 0 Å². The third-order valence-electron chi connectivity index (χ3n) is 2.76. The number of nitrogens with zero attached hydrogens (tertiary/aromatic N) is 1. The average molecular weight is 231 g/mol. The fourth-order valence-electron chi connectivity index (χ4n) is 1.64. The lowest BCUT2D eigenvalue weighted by molar-refractivity contribution is 0.825. The highest BCUT2D eigenvalue weighted by molar-refractivity contribution is 7.09. The maximum atomic E-state index is 4.66. The summed E-state index contributed by atoms with van der Waals surface area (Å²) in [5.74, 6) is 0.530. The first-order valence-electron chi connectivity index (χ1n) is 5.65. The minimum absolute atomic E-state index is 0.530. The molecule has 0 saturated carbocycles. The van der Waals surface area contributed by atoms with Crippen molar-refractivity contribution in [2.24, 2.45) is 0 Å². The average Bonchev–Trinajstić information content (AvgIpc) is 2.70. The maximum absolute atomic E-state index is 4.66. The molecule has 0 aliphatic rings. The number of rotatable bonds is 3. The second kappa shape index (κ2) is 4.79. The van der Waals surface area contributed by atoms with E-state index < -0.39 is 0 Å². The van der Waals surface area contributed by atoms with Crippen LogP contribution in [0.25, 0.3) is 0 Å². The molecule has 1 aromatic carbocycles. The van der Waals surface area contributed by atoms with E-state index in [1.54, 1.807) is 11.3 Å². The highest BCUT2D eigenvalue weighted by Gasteiger charge is 2.07. The topological polar surface area (TPSA) is 12.9 Å². The lowest BCUT2D eigenvalue weighted by Crippen LogP contribution is -1.92. The van der Waals surface area contributed by atoms with Crippen LogP contribution in [0.5, 0.6) is 0 Å². The summed E-state index contributed by atoms with van der Waals surface area (Å²) in [7, 11) is 0. The fourth-order valence-corrected chi connectivity index (χ4v) is 2.62. The summed E-state index contributed by atoms with van der Waals surface area (Å²) in [5.41, 5.74) is 3.95. The SMILES string of the molecule is Cc1ccccc1Cc1nc(C(C)C)cs1. The molecule has 1 aromatic heterocycles. The third kappa shape index (κ3) is 2.50. The number of aryl methyl sites for hydroxylation is 1. The van der Waals surface area contributed by atoms with Crippen LogP contribution in [0, 0.1) is 6.92 Å². The molecule has 0 spiro atoms. The van der Waals surface area contributed by atoms with Crippen molar-refractivity contribution in [2.75, 3.05) is 0 Å². The Morgan fingerprint density at radius 1 is 1.25 bits per heavy atom. The van der Waals surface area contributed by atoms with Crippen LogP contribution >= 0.6 is 11.3 Å². The quantitative estimate of drug-likeness (QED) is 0.772. The summed E-state index contributed by atoms with van der Waals surface area (Å²) in [4.78, 5) is 4.66. The van der Waals surface area contributed by atoms with E-state index in [-0.39, 0.29) is 0 Å². The highest BCUT2D eigenvalue weighted by Crippen LogP contribution is 2.21. The van der Waals surface area contributed by atoms with Gasteiger partial charge >= 0.3 is 0 Å². The molecular formula is C14H17NS. The summed E-state index contributed by atoms with van der Waals surface area (Å²) in [6.45, 7) is 6.53. The fraction of sp³-hybridized carbons (Fsp3) is 0.357. The van der Waals surface area contributed by atoms with Crippen molar-refractivity contribution in [2.45, 2.75) is 33.1 Å². The Hall–Kier alpha value is -1.15. The number of hydrogen-bond acceptors (Lipinski definition) is 2. The summed E-state index contributed by atoms with van der Waals surface area (Å²) >= 11 is 1.77. The molecular weight excluding hydrogens is 214 g/mol. The van der Waals surface area contributed by atoms with Crippen LogP contribution in [-0.4, -0.2) is 4.98 Å². The zero-order valence-electron chi connectivity index (χ0n) is 10.0. The van der Waals surface area contributed by atoms with Crippen LogP contribution in [-0.2, 0) is 6.42 Å². The Labute approximate surface area is 101 Å². The van der Waals surface area contributed by atoms with Gasteiger partial charge in [0.2, 0.25) is 0 Å². The molecule has 0 saturated heterocycles. The van der Waals surface area contributed by atoms with Crippen LogP contribution in [0.3, 0.4) is 0 Å². The first kappa shape index (κ1) is 11.3. The summed E-state index contributed by atoms with van der Waals surface area (Å²) < 4.78 is 0. The van der Waals surface area contributed by atoms with Crippen molar-refractivity contribution in [1.29, 1.82) is 0 Å². The smallest absolute Gasteiger partial charge is 0.0972 e. The van der Waals surface area contributed by atoms with Gasteiger partial charge in [-0.05, 0) is 24.0 Å². The Kier molecular flexibility index (Phi) is 3.39. The number of hydrogen-bond donors (Lipinski definition) is 0. The number of benzene rings is 1. The predicted molar refractivity (Wildman–Crippen MR) is 70.2 cm³/mol. The lowest BCUT2D eigenvalue weighted by Gasteiger charge is -2.02. The van der Waals surface area contributed by atoms with Crippen LogP contribution in [0.15, 0.2) is 29.6 Å². The largest absolute Gasteiger partial charge is 0.246 e. The molecule has 84 valence electrons. The molecule has 2 rings (SSSR count). The van der Waals surface area contributed by atoms with E-state index in [0.717, 1.165) is 6.42 Å². The van der Waals surface area contributed by atoms with Gasteiger partial charge in [-0.2, -0.15) is 0 Å². The molecule has 0 aliphatic heterocycles.